The van der Waals surface area contributed by atoms with Crippen molar-refractivity contribution in [3.8, 4) is 11.1 Å². The van der Waals surface area contributed by atoms with E-state index in [2.05, 4.69) is 29.0 Å². The fourth-order valence-electron chi connectivity index (χ4n) is 2.11. The molecule has 3 N–H and O–H groups in total. The van der Waals surface area contributed by atoms with Crippen LogP contribution in [-0.4, -0.2) is 30.4 Å². The molecule has 0 atom stereocenters. The Morgan fingerprint density at radius 1 is 1.08 bits per heavy atom. The van der Waals surface area contributed by atoms with E-state index in [1.165, 1.54) is 12.7 Å². The summed E-state index contributed by atoms with van der Waals surface area (Å²) in [5, 5.41) is 7.40. The summed E-state index contributed by atoms with van der Waals surface area (Å²) >= 11 is 1.58. The van der Waals surface area contributed by atoms with Crippen molar-refractivity contribution >= 4 is 36.0 Å². The zero-order valence-corrected chi connectivity index (χ0v) is 15.1. The van der Waals surface area contributed by atoms with Gasteiger partial charge in [-0.2, -0.15) is 0 Å². The highest BCUT2D eigenvalue weighted by Crippen LogP contribution is 2.21. The first-order valence-corrected chi connectivity index (χ1v) is 8.44. The van der Waals surface area contributed by atoms with Crippen molar-refractivity contribution in [2.75, 3.05) is 18.6 Å². The molecule has 0 unspecified atom stereocenters. The Labute approximate surface area is 152 Å². The Morgan fingerprint density at radius 2 is 1.62 bits per heavy atom. The molecule has 0 heterocycles. The standard InChI is InChI=1S/C18H20N2O2S.ClH/c1-22-17(21)12-23-11-10-13-2-4-14(5-3-13)15-6-8-16(9-7-15)18(19)20;/h2-9H,10-12H2,1H3,(H3,19,20);1H. The van der Waals surface area contributed by atoms with E-state index in [-0.39, 0.29) is 24.2 Å². The van der Waals surface area contributed by atoms with E-state index >= 15 is 0 Å². The van der Waals surface area contributed by atoms with Crippen LogP contribution in [0.2, 0.25) is 0 Å². The molecule has 0 fully saturated rings. The minimum absolute atomic E-state index is 0. The third-order valence-corrected chi connectivity index (χ3v) is 4.40. The van der Waals surface area contributed by atoms with Gasteiger partial charge in [0.05, 0.1) is 12.9 Å². The second-order valence-electron chi connectivity index (χ2n) is 5.07. The van der Waals surface area contributed by atoms with Gasteiger partial charge in [0.2, 0.25) is 0 Å². The van der Waals surface area contributed by atoms with E-state index < -0.39 is 0 Å². The van der Waals surface area contributed by atoms with Gasteiger partial charge in [0.15, 0.2) is 0 Å². The lowest BCUT2D eigenvalue weighted by Crippen LogP contribution is -2.10. The smallest absolute Gasteiger partial charge is 0.315 e. The zero-order chi connectivity index (χ0) is 16.7. The normalized spacial score (nSPS) is 9.88. The predicted molar refractivity (Wildman–Crippen MR) is 103 cm³/mol. The molecule has 128 valence electrons. The van der Waals surface area contributed by atoms with Gasteiger partial charge in [0, 0.05) is 5.56 Å². The lowest BCUT2D eigenvalue weighted by Gasteiger charge is -2.06. The molecule has 2 aromatic rings. The number of halogens is 1. The number of ether oxygens (including phenoxy) is 1. The van der Waals surface area contributed by atoms with Crippen LogP contribution in [0.1, 0.15) is 11.1 Å². The van der Waals surface area contributed by atoms with Crippen molar-refractivity contribution in [1.82, 2.24) is 0 Å². The Balaban J connectivity index is 0.00000288. The average molecular weight is 365 g/mol. The van der Waals surface area contributed by atoms with Gasteiger partial charge in [0.25, 0.3) is 0 Å². The van der Waals surface area contributed by atoms with E-state index in [4.69, 9.17) is 11.1 Å². The van der Waals surface area contributed by atoms with Crippen molar-refractivity contribution in [2.45, 2.75) is 6.42 Å². The molecule has 0 aliphatic carbocycles. The van der Waals surface area contributed by atoms with Gasteiger partial charge < -0.3 is 10.5 Å². The Hall–Kier alpha value is -1.98. The monoisotopic (exact) mass is 364 g/mol. The van der Waals surface area contributed by atoms with E-state index in [0.29, 0.717) is 5.75 Å². The van der Waals surface area contributed by atoms with E-state index in [0.717, 1.165) is 28.9 Å². The number of amidine groups is 1. The summed E-state index contributed by atoms with van der Waals surface area (Å²) in [6, 6.07) is 16.0. The molecule has 0 aromatic heterocycles. The molecule has 0 aliphatic heterocycles. The topological polar surface area (TPSA) is 76.2 Å². The first kappa shape index (κ1) is 20.1. The molecular formula is C18H21ClN2O2S. The molecule has 0 aliphatic rings. The number of carbonyl (C=O) groups excluding carboxylic acids is 1. The number of aryl methyl sites for hydroxylation is 1. The third kappa shape index (κ3) is 5.91. The van der Waals surface area contributed by atoms with Crippen molar-refractivity contribution in [1.29, 1.82) is 5.41 Å². The molecule has 4 nitrogen and oxygen atoms in total. The van der Waals surface area contributed by atoms with E-state index in [9.17, 15) is 4.79 Å². The number of nitrogens with two attached hydrogens (primary N) is 1. The maximum absolute atomic E-state index is 11.0. The number of carbonyl (C=O) groups is 1. The molecule has 0 spiro atoms. The molecule has 2 aromatic carbocycles. The van der Waals surface area contributed by atoms with Gasteiger partial charge in [-0.15, -0.1) is 24.2 Å². The first-order valence-electron chi connectivity index (χ1n) is 7.28. The summed E-state index contributed by atoms with van der Waals surface area (Å²) < 4.78 is 4.61. The van der Waals surface area contributed by atoms with Gasteiger partial charge in [-0.05, 0) is 28.9 Å². The van der Waals surface area contributed by atoms with Gasteiger partial charge in [-0.3, -0.25) is 10.2 Å². The van der Waals surface area contributed by atoms with Crippen LogP contribution in [0.25, 0.3) is 11.1 Å². The number of thioether (sulfide) groups is 1. The quantitative estimate of drug-likeness (QED) is 0.341. The van der Waals surface area contributed by atoms with Gasteiger partial charge >= 0.3 is 5.97 Å². The van der Waals surface area contributed by atoms with Crippen LogP contribution in [0.3, 0.4) is 0 Å². The zero-order valence-electron chi connectivity index (χ0n) is 13.5. The number of hydrogen-bond acceptors (Lipinski definition) is 4. The first-order chi connectivity index (χ1) is 11.1. The third-order valence-electron chi connectivity index (χ3n) is 3.47. The number of methoxy groups -OCH3 is 1. The van der Waals surface area contributed by atoms with Crippen LogP contribution in [0, 0.1) is 5.41 Å². The summed E-state index contributed by atoms with van der Waals surface area (Å²) in [5.74, 6) is 1.19. The van der Waals surface area contributed by atoms with Crippen molar-refractivity contribution < 1.29 is 9.53 Å². The van der Waals surface area contributed by atoms with Crippen LogP contribution in [-0.2, 0) is 16.0 Å². The molecule has 0 bridgehead atoms. The number of esters is 1. The largest absolute Gasteiger partial charge is 0.468 e. The summed E-state index contributed by atoms with van der Waals surface area (Å²) in [6.45, 7) is 0. The molecule has 0 saturated heterocycles. The summed E-state index contributed by atoms with van der Waals surface area (Å²) in [4.78, 5) is 11.0. The number of hydrogen-bond donors (Lipinski definition) is 2. The minimum Gasteiger partial charge on any atom is -0.468 e. The highest BCUT2D eigenvalue weighted by atomic mass is 35.5. The molecular weight excluding hydrogens is 344 g/mol. The molecule has 2 rings (SSSR count). The highest BCUT2D eigenvalue weighted by Gasteiger charge is 2.02. The van der Waals surface area contributed by atoms with Crippen LogP contribution < -0.4 is 5.73 Å². The number of rotatable bonds is 7. The number of benzene rings is 2. The Morgan fingerprint density at radius 3 is 2.12 bits per heavy atom. The van der Waals surface area contributed by atoms with Crippen molar-refractivity contribution in [2.24, 2.45) is 5.73 Å². The van der Waals surface area contributed by atoms with Crippen LogP contribution >= 0.6 is 24.2 Å². The SMILES string of the molecule is COC(=O)CSCCc1ccc(-c2ccc(C(=N)N)cc2)cc1.Cl. The summed E-state index contributed by atoms with van der Waals surface area (Å²) in [5.41, 5.74) is 9.66. The average Bonchev–Trinajstić information content (AvgIpc) is 2.59. The Bertz CT molecular complexity index is 672. The van der Waals surface area contributed by atoms with Crippen LogP contribution in [0.4, 0.5) is 0 Å². The number of nitrogen functional groups attached to an aromatic ring is 1. The predicted octanol–water partition coefficient (Wildman–Crippen LogP) is 3.51. The van der Waals surface area contributed by atoms with Crippen LogP contribution in [0.15, 0.2) is 48.5 Å². The van der Waals surface area contributed by atoms with Crippen LogP contribution in [0.5, 0.6) is 0 Å². The fourth-order valence-corrected chi connectivity index (χ4v) is 2.92. The summed E-state index contributed by atoms with van der Waals surface area (Å²) in [6.07, 6.45) is 0.922. The fraction of sp³-hybridized carbons (Fsp3) is 0.222. The molecule has 24 heavy (non-hydrogen) atoms. The van der Waals surface area contributed by atoms with E-state index in [1.807, 2.05) is 24.3 Å². The van der Waals surface area contributed by atoms with E-state index in [1.54, 1.807) is 11.8 Å². The van der Waals surface area contributed by atoms with Gasteiger partial charge in [0.1, 0.15) is 5.84 Å². The molecule has 0 amide bonds. The number of nitrogens with one attached hydrogen (secondary N) is 1. The van der Waals surface area contributed by atoms with Gasteiger partial charge in [-0.1, -0.05) is 48.5 Å². The van der Waals surface area contributed by atoms with Gasteiger partial charge in [-0.25, -0.2) is 0 Å². The second-order valence-corrected chi connectivity index (χ2v) is 6.17. The second kappa shape index (κ2) is 10.0. The maximum Gasteiger partial charge on any atom is 0.315 e. The lowest BCUT2D eigenvalue weighted by molar-refractivity contribution is -0.137. The molecule has 0 radical (unpaired) electrons. The summed E-state index contributed by atoms with van der Waals surface area (Å²) in [7, 11) is 1.41. The minimum atomic E-state index is -0.181. The highest BCUT2D eigenvalue weighted by molar-refractivity contribution is 7.99. The lowest BCUT2D eigenvalue weighted by atomic mass is 10.0. The Kier molecular flexibility index (Phi) is 8.36. The van der Waals surface area contributed by atoms with Crippen molar-refractivity contribution in [3.05, 3.63) is 59.7 Å². The molecule has 6 heteroatoms. The maximum atomic E-state index is 11.0. The molecule has 0 saturated carbocycles. The van der Waals surface area contributed by atoms with Crippen molar-refractivity contribution in [3.63, 3.8) is 0 Å².